The first-order valence-electron chi connectivity index (χ1n) is 9.15. The van der Waals surface area contributed by atoms with Crippen LogP contribution in [0.15, 0.2) is 33.9 Å². The van der Waals surface area contributed by atoms with E-state index in [1.165, 1.54) is 18.3 Å². The Labute approximate surface area is 178 Å². The molecule has 0 unspecified atom stereocenters. The summed E-state index contributed by atoms with van der Waals surface area (Å²) in [5.74, 6) is -0.231. The molecule has 4 rings (SSSR count). The highest BCUT2D eigenvalue weighted by molar-refractivity contribution is 7.92. The van der Waals surface area contributed by atoms with Crippen LogP contribution in [0.4, 0.5) is 5.69 Å². The number of piperidine rings is 1. The Bertz CT molecular complexity index is 1190. The maximum Gasteiger partial charge on any atom is 0.295 e. The van der Waals surface area contributed by atoms with Crippen molar-refractivity contribution >= 4 is 55.7 Å². The van der Waals surface area contributed by atoms with Crippen LogP contribution in [0.3, 0.4) is 0 Å². The second-order valence-electron chi connectivity index (χ2n) is 7.02. The van der Waals surface area contributed by atoms with Gasteiger partial charge in [0.1, 0.15) is 0 Å². The molecule has 3 aromatic rings. The predicted molar refractivity (Wildman–Crippen MR) is 112 cm³/mol. The highest BCUT2D eigenvalue weighted by Crippen LogP contribution is 2.35. The van der Waals surface area contributed by atoms with Crippen molar-refractivity contribution in [3.63, 3.8) is 0 Å². The predicted octanol–water partition coefficient (Wildman–Crippen LogP) is 4.80. The zero-order valence-corrected chi connectivity index (χ0v) is 17.9. The first-order chi connectivity index (χ1) is 13.8. The highest BCUT2D eigenvalue weighted by Gasteiger charge is 2.28. The summed E-state index contributed by atoms with van der Waals surface area (Å²) in [7, 11) is -4.07. The minimum Gasteiger partial charge on any atom is -0.437 e. The lowest BCUT2D eigenvalue weighted by Crippen LogP contribution is -2.35. The van der Waals surface area contributed by atoms with Crippen molar-refractivity contribution in [2.24, 2.45) is 0 Å². The minimum absolute atomic E-state index is 0.0523. The van der Waals surface area contributed by atoms with E-state index in [-0.39, 0.29) is 22.4 Å². The molecule has 1 fully saturated rings. The van der Waals surface area contributed by atoms with E-state index in [1.54, 1.807) is 17.9 Å². The number of likely N-dealkylation sites (tertiary alicyclic amines) is 1. The number of carbonyl (C=O) groups is 1. The number of amides is 1. The summed E-state index contributed by atoms with van der Waals surface area (Å²) in [6.07, 6.45) is 4.48. The van der Waals surface area contributed by atoms with Gasteiger partial charge in [0.25, 0.3) is 15.9 Å². The summed E-state index contributed by atoms with van der Waals surface area (Å²) in [6.45, 7) is 2.95. The fourth-order valence-electron chi connectivity index (χ4n) is 3.49. The number of sulfonamides is 1. The number of aromatic amines is 1. The zero-order valence-electron chi connectivity index (χ0n) is 15.6. The van der Waals surface area contributed by atoms with Gasteiger partial charge in [0.05, 0.1) is 21.2 Å². The second-order valence-corrected chi connectivity index (χ2v) is 9.45. The number of furan rings is 1. The number of nitrogens with zero attached hydrogens (tertiary/aromatic N) is 1. The van der Waals surface area contributed by atoms with Crippen LogP contribution < -0.4 is 4.72 Å². The molecule has 7 nitrogen and oxygen atoms in total. The van der Waals surface area contributed by atoms with Crippen LogP contribution in [-0.4, -0.2) is 37.3 Å². The summed E-state index contributed by atoms with van der Waals surface area (Å²) in [6, 6.07) is 4.44. The van der Waals surface area contributed by atoms with Gasteiger partial charge in [-0.15, -0.1) is 0 Å². The van der Waals surface area contributed by atoms with E-state index >= 15 is 0 Å². The van der Waals surface area contributed by atoms with Crippen molar-refractivity contribution in [1.29, 1.82) is 0 Å². The number of hydrogen-bond acceptors (Lipinski definition) is 4. The second kappa shape index (κ2) is 7.59. The van der Waals surface area contributed by atoms with E-state index in [0.29, 0.717) is 39.6 Å². The Morgan fingerprint density at radius 3 is 2.62 bits per heavy atom. The molecule has 3 heterocycles. The van der Waals surface area contributed by atoms with Crippen LogP contribution in [0.5, 0.6) is 0 Å². The highest BCUT2D eigenvalue weighted by atomic mass is 35.5. The minimum atomic E-state index is -4.07. The Kier molecular flexibility index (Phi) is 5.27. The van der Waals surface area contributed by atoms with Gasteiger partial charge < -0.3 is 14.3 Å². The molecule has 0 aliphatic carbocycles. The average molecular weight is 456 g/mol. The lowest BCUT2D eigenvalue weighted by molar-refractivity contribution is 0.0685. The van der Waals surface area contributed by atoms with Crippen LogP contribution in [0.1, 0.15) is 35.4 Å². The first-order valence-corrected chi connectivity index (χ1v) is 11.4. The van der Waals surface area contributed by atoms with Crippen molar-refractivity contribution in [3.8, 4) is 0 Å². The average Bonchev–Trinajstić information content (AvgIpc) is 3.28. The molecule has 1 aliphatic rings. The van der Waals surface area contributed by atoms with E-state index < -0.39 is 10.0 Å². The number of carbonyl (C=O) groups excluding carboxylic acids is 1. The standard InChI is InChI=1S/C19H19Cl2N3O4S/c1-11-9-15(28-18(11)19(25)24-7-3-2-4-8-24)29(26,27)23-14-6-5-12(20)16-13(21)10-22-17(14)16/h5-6,9-10,22-23H,2-4,7-8H2,1H3. The number of hydrogen-bond donors (Lipinski definition) is 2. The number of benzene rings is 1. The van der Waals surface area contributed by atoms with Crippen LogP contribution in [0.25, 0.3) is 10.9 Å². The largest absolute Gasteiger partial charge is 0.437 e. The Morgan fingerprint density at radius 1 is 1.17 bits per heavy atom. The zero-order chi connectivity index (χ0) is 20.8. The van der Waals surface area contributed by atoms with Gasteiger partial charge in [-0.1, -0.05) is 23.2 Å². The lowest BCUT2D eigenvalue weighted by Gasteiger charge is -2.25. The molecule has 0 saturated carbocycles. The van der Waals surface area contributed by atoms with Crippen LogP contribution in [0, 0.1) is 6.92 Å². The number of anilines is 1. The Morgan fingerprint density at radius 2 is 1.90 bits per heavy atom. The molecule has 1 aliphatic heterocycles. The number of fused-ring (bicyclic) bond motifs is 1. The monoisotopic (exact) mass is 455 g/mol. The van der Waals surface area contributed by atoms with Crippen LogP contribution in [-0.2, 0) is 10.0 Å². The quantitative estimate of drug-likeness (QED) is 0.590. The molecule has 0 spiro atoms. The van der Waals surface area contributed by atoms with E-state index in [4.69, 9.17) is 27.6 Å². The van der Waals surface area contributed by atoms with Crippen molar-refractivity contribution < 1.29 is 17.6 Å². The third-order valence-electron chi connectivity index (χ3n) is 4.98. The van der Waals surface area contributed by atoms with Crippen molar-refractivity contribution in [1.82, 2.24) is 9.88 Å². The van der Waals surface area contributed by atoms with E-state index in [1.807, 2.05) is 0 Å². The fraction of sp³-hybridized carbons (Fsp3) is 0.316. The molecule has 2 aromatic heterocycles. The molecule has 0 bridgehead atoms. The number of aromatic nitrogens is 1. The molecular weight excluding hydrogens is 437 g/mol. The molecule has 0 radical (unpaired) electrons. The van der Waals surface area contributed by atoms with Crippen molar-refractivity contribution in [3.05, 3.63) is 45.8 Å². The molecule has 10 heteroatoms. The fourth-order valence-corrected chi connectivity index (χ4v) is 5.13. The van der Waals surface area contributed by atoms with Gasteiger partial charge in [-0.3, -0.25) is 9.52 Å². The normalized spacial score (nSPS) is 15.1. The molecule has 2 N–H and O–H groups in total. The van der Waals surface area contributed by atoms with Crippen LogP contribution in [0.2, 0.25) is 10.0 Å². The van der Waals surface area contributed by atoms with E-state index in [2.05, 4.69) is 9.71 Å². The Hall–Kier alpha value is -2.16. The third-order valence-corrected chi connectivity index (χ3v) is 6.81. The molecule has 1 aromatic carbocycles. The number of H-pyrrole nitrogens is 1. The van der Waals surface area contributed by atoms with E-state index in [0.717, 1.165) is 19.3 Å². The first kappa shape index (κ1) is 20.1. The van der Waals surface area contributed by atoms with E-state index in [9.17, 15) is 13.2 Å². The number of aryl methyl sites for hydroxylation is 1. The maximum absolute atomic E-state index is 12.9. The summed E-state index contributed by atoms with van der Waals surface area (Å²) in [4.78, 5) is 17.3. The smallest absolute Gasteiger partial charge is 0.295 e. The van der Waals surface area contributed by atoms with Gasteiger partial charge in [0, 0.05) is 36.3 Å². The topological polar surface area (TPSA) is 95.4 Å². The molecular formula is C19H19Cl2N3O4S. The number of nitrogens with one attached hydrogen (secondary N) is 2. The van der Waals surface area contributed by atoms with Gasteiger partial charge in [-0.05, 0) is 38.3 Å². The van der Waals surface area contributed by atoms with Gasteiger partial charge in [-0.25, -0.2) is 0 Å². The molecule has 1 saturated heterocycles. The maximum atomic E-state index is 12.9. The SMILES string of the molecule is Cc1cc(S(=O)(=O)Nc2ccc(Cl)c3c(Cl)c[nH]c23)oc1C(=O)N1CCCCC1. The number of halogens is 2. The van der Waals surface area contributed by atoms with Crippen molar-refractivity contribution in [2.75, 3.05) is 17.8 Å². The number of rotatable bonds is 4. The third kappa shape index (κ3) is 3.72. The van der Waals surface area contributed by atoms with Gasteiger partial charge in [0.2, 0.25) is 5.09 Å². The Balaban J connectivity index is 1.65. The van der Waals surface area contributed by atoms with Gasteiger partial charge in [-0.2, -0.15) is 8.42 Å². The van der Waals surface area contributed by atoms with Gasteiger partial charge in [0.15, 0.2) is 5.76 Å². The lowest BCUT2D eigenvalue weighted by atomic mass is 10.1. The van der Waals surface area contributed by atoms with Crippen LogP contribution >= 0.6 is 23.2 Å². The van der Waals surface area contributed by atoms with Crippen molar-refractivity contribution in [2.45, 2.75) is 31.3 Å². The summed E-state index contributed by atoms with van der Waals surface area (Å²) >= 11 is 12.3. The molecule has 0 atom stereocenters. The van der Waals surface area contributed by atoms with Gasteiger partial charge >= 0.3 is 0 Å². The molecule has 29 heavy (non-hydrogen) atoms. The summed E-state index contributed by atoms with van der Waals surface area (Å²) in [5.41, 5.74) is 1.21. The molecule has 154 valence electrons. The molecule has 1 amide bonds. The summed E-state index contributed by atoms with van der Waals surface area (Å²) < 4.78 is 33.8. The summed E-state index contributed by atoms with van der Waals surface area (Å²) in [5, 5.41) is 0.980.